The molecule has 1 heterocycles. The first kappa shape index (κ1) is 12.5. The third-order valence-electron chi connectivity index (χ3n) is 2.37. The molecule has 0 amide bonds. The molecule has 0 aliphatic rings. The van der Waals surface area contributed by atoms with E-state index >= 15 is 0 Å². The maximum absolute atomic E-state index is 13.2. The molecule has 1 aromatic carbocycles. The minimum absolute atomic E-state index is 0.184. The Morgan fingerprint density at radius 2 is 1.78 bits per heavy atom. The molecule has 0 bridgehead atoms. The average Bonchev–Trinajstić information content (AvgIpc) is 2.56. The molecule has 0 radical (unpaired) electrons. The van der Waals surface area contributed by atoms with E-state index in [0.29, 0.717) is 11.6 Å². The van der Waals surface area contributed by atoms with Crippen LogP contribution in [0.5, 0.6) is 0 Å². The number of nitrogens with zero attached hydrogens (tertiary/aromatic N) is 2. The summed E-state index contributed by atoms with van der Waals surface area (Å²) in [6.07, 6.45) is 1.74. The Labute approximate surface area is 104 Å². The predicted octanol–water partition coefficient (Wildman–Crippen LogP) is 3.28. The fourth-order valence-electron chi connectivity index (χ4n) is 1.73. The zero-order chi connectivity index (χ0) is 13.3. The van der Waals surface area contributed by atoms with Gasteiger partial charge in [0.05, 0.1) is 11.4 Å². The van der Waals surface area contributed by atoms with E-state index in [1.165, 1.54) is 12.1 Å². The minimum atomic E-state index is -0.605. The van der Waals surface area contributed by atoms with Gasteiger partial charge in [0.25, 0.3) is 0 Å². The van der Waals surface area contributed by atoms with Gasteiger partial charge < -0.3 is 5.32 Å². The van der Waals surface area contributed by atoms with Crippen LogP contribution in [0.1, 0.15) is 19.5 Å². The summed E-state index contributed by atoms with van der Waals surface area (Å²) in [4.78, 5) is 4.29. The van der Waals surface area contributed by atoms with Crippen molar-refractivity contribution in [2.75, 3.05) is 5.32 Å². The molecule has 0 unspecified atom stereocenters. The van der Waals surface area contributed by atoms with Crippen LogP contribution in [0.25, 0.3) is 5.69 Å². The largest absolute Gasteiger partial charge is 0.353 e. The van der Waals surface area contributed by atoms with Gasteiger partial charge in [-0.1, -0.05) is 0 Å². The van der Waals surface area contributed by atoms with Crippen LogP contribution in [0.4, 0.5) is 14.7 Å². The number of rotatable bonds is 3. The second-order valence-corrected chi connectivity index (χ2v) is 4.50. The summed E-state index contributed by atoms with van der Waals surface area (Å²) in [6.45, 7) is 5.78. The molecule has 5 heteroatoms. The van der Waals surface area contributed by atoms with Crippen molar-refractivity contribution < 1.29 is 8.78 Å². The first-order valence-electron chi connectivity index (χ1n) is 5.74. The Bertz CT molecular complexity index is 541. The zero-order valence-electron chi connectivity index (χ0n) is 10.5. The maximum Gasteiger partial charge on any atom is 0.207 e. The number of hydrogen-bond donors (Lipinski definition) is 1. The van der Waals surface area contributed by atoms with Crippen molar-refractivity contribution in [2.45, 2.75) is 26.8 Å². The standard InChI is InChI=1S/C13H15F2N3/c1-8(2)16-13-17-9(3)7-18(13)12-5-10(14)4-11(15)6-12/h4-8H,1-3H3,(H,16,17). The second kappa shape index (κ2) is 4.76. The summed E-state index contributed by atoms with van der Waals surface area (Å²) in [5, 5.41) is 3.14. The Kier molecular flexibility index (Phi) is 3.32. The van der Waals surface area contributed by atoms with E-state index in [2.05, 4.69) is 10.3 Å². The lowest BCUT2D eigenvalue weighted by molar-refractivity contribution is 0.581. The summed E-state index contributed by atoms with van der Waals surface area (Å²) >= 11 is 0. The number of hydrogen-bond acceptors (Lipinski definition) is 2. The number of benzene rings is 1. The first-order valence-corrected chi connectivity index (χ1v) is 5.74. The Hall–Kier alpha value is -1.91. The van der Waals surface area contributed by atoms with Gasteiger partial charge in [0.2, 0.25) is 5.95 Å². The topological polar surface area (TPSA) is 29.9 Å². The molecule has 0 fully saturated rings. The number of nitrogens with one attached hydrogen (secondary N) is 1. The number of aromatic nitrogens is 2. The quantitative estimate of drug-likeness (QED) is 0.907. The van der Waals surface area contributed by atoms with E-state index in [-0.39, 0.29) is 6.04 Å². The molecule has 2 rings (SSSR count). The third-order valence-corrected chi connectivity index (χ3v) is 2.37. The van der Waals surface area contributed by atoms with Gasteiger partial charge in [-0.25, -0.2) is 13.8 Å². The highest BCUT2D eigenvalue weighted by Crippen LogP contribution is 2.19. The summed E-state index contributed by atoms with van der Waals surface area (Å²) in [6, 6.07) is 3.58. The molecule has 96 valence electrons. The zero-order valence-corrected chi connectivity index (χ0v) is 10.5. The van der Waals surface area contributed by atoms with Crippen molar-refractivity contribution in [3.05, 3.63) is 41.7 Å². The molecule has 3 nitrogen and oxygen atoms in total. The van der Waals surface area contributed by atoms with Crippen molar-refractivity contribution in [2.24, 2.45) is 0 Å². The van der Waals surface area contributed by atoms with Crippen LogP contribution in [0.15, 0.2) is 24.4 Å². The smallest absolute Gasteiger partial charge is 0.207 e. The van der Waals surface area contributed by atoms with Gasteiger partial charge in [0.1, 0.15) is 11.6 Å². The lowest BCUT2D eigenvalue weighted by Gasteiger charge is -2.12. The van der Waals surface area contributed by atoms with Crippen molar-refractivity contribution >= 4 is 5.95 Å². The lowest BCUT2D eigenvalue weighted by Crippen LogP contribution is -2.14. The summed E-state index contributed by atoms with van der Waals surface area (Å²) in [5.41, 5.74) is 1.19. The summed E-state index contributed by atoms with van der Waals surface area (Å²) in [7, 11) is 0. The fourth-order valence-corrected chi connectivity index (χ4v) is 1.73. The highest BCUT2D eigenvalue weighted by Gasteiger charge is 2.10. The van der Waals surface area contributed by atoms with E-state index in [9.17, 15) is 8.78 Å². The monoisotopic (exact) mass is 251 g/mol. The van der Waals surface area contributed by atoms with Gasteiger partial charge in [-0.3, -0.25) is 4.57 Å². The van der Waals surface area contributed by atoms with Gasteiger partial charge >= 0.3 is 0 Å². The molecule has 0 spiro atoms. The Balaban J connectivity index is 2.49. The van der Waals surface area contributed by atoms with E-state index in [4.69, 9.17) is 0 Å². The molecular formula is C13H15F2N3. The van der Waals surface area contributed by atoms with Crippen molar-refractivity contribution in [3.8, 4) is 5.69 Å². The molecule has 18 heavy (non-hydrogen) atoms. The van der Waals surface area contributed by atoms with Crippen LogP contribution in [0, 0.1) is 18.6 Å². The van der Waals surface area contributed by atoms with E-state index in [1.54, 1.807) is 10.8 Å². The molecule has 1 N–H and O–H groups in total. The predicted molar refractivity (Wildman–Crippen MR) is 67.0 cm³/mol. The van der Waals surface area contributed by atoms with Crippen LogP contribution in [-0.4, -0.2) is 15.6 Å². The normalized spacial score (nSPS) is 11.0. The SMILES string of the molecule is Cc1cn(-c2cc(F)cc(F)c2)c(NC(C)C)n1. The molecule has 0 atom stereocenters. The molecule has 0 aliphatic carbocycles. The van der Waals surface area contributed by atoms with Gasteiger partial charge in [-0.2, -0.15) is 0 Å². The van der Waals surface area contributed by atoms with Crippen molar-refractivity contribution in [1.82, 2.24) is 9.55 Å². The van der Waals surface area contributed by atoms with Gasteiger partial charge in [0.15, 0.2) is 0 Å². The van der Waals surface area contributed by atoms with E-state index < -0.39 is 11.6 Å². The lowest BCUT2D eigenvalue weighted by atomic mass is 10.3. The molecule has 1 aromatic heterocycles. The van der Waals surface area contributed by atoms with Gasteiger partial charge in [-0.15, -0.1) is 0 Å². The summed E-state index contributed by atoms with van der Waals surface area (Å²) < 4.78 is 28.1. The van der Waals surface area contributed by atoms with Crippen LogP contribution in [0.2, 0.25) is 0 Å². The molecular weight excluding hydrogens is 236 g/mol. The fraction of sp³-hybridized carbons (Fsp3) is 0.308. The van der Waals surface area contributed by atoms with Crippen LogP contribution in [-0.2, 0) is 0 Å². The average molecular weight is 251 g/mol. The Morgan fingerprint density at radius 1 is 1.17 bits per heavy atom. The van der Waals surface area contributed by atoms with Gasteiger partial charge in [-0.05, 0) is 32.9 Å². The van der Waals surface area contributed by atoms with E-state index in [1.807, 2.05) is 20.8 Å². The summed E-state index contributed by atoms with van der Waals surface area (Å²) in [5.74, 6) is -0.633. The third kappa shape index (κ3) is 2.67. The molecule has 0 aliphatic heterocycles. The first-order chi connectivity index (χ1) is 8.45. The molecule has 0 saturated heterocycles. The number of aryl methyl sites for hydroxylation is 1. The molecule has 0 saturated carbocycles. The van der Waals surface area contributed by atoms with Crippen molar-refractivity contribution in [3.63, 3.8) is 0 Å². The number of anilines is 1. The maximum atomic E-state index is 13.2. The van der Waals surface area contributed by atoms with Crippen LogP contribution in [0.3, 0.4) is 0 Å². The van der Waals surface area contributed by atoms with Crippen LogP contribution < -0.4 is 5.32 Å². The minimum Gasteiger partial charge on any atom is -0.353 e. The Morgan fingerprint density at radius 3 is 2.33 bits per heavy atom. The highest BCUT2D eigenvalue weighted by atomic mass is 19.1. The second-order valence-electron chi connectivity index (χ2n) is 4.50. The number of halogens is 2. The van der Waals surface area contributed by atoms with Gasteiger partial charge in [0, 0.05) is 18.3 Å². The van der Waals surface area contributed by atoms with E-state index in [0.717, 1.165) is 11.8 Å². The number of imidazole rings is 1. The molecule has 2 aromatic rings. The highest BCUT2D eigenvalue weighted by molar-refractivity contribution is 5.43. The van der Waals surface area contributed by atoms with Crippen molar-refractivity contribution in [1.29, 1.82) is 0 Å². The van der Waals surface area contributed by atoms with Crippen LogP contribution >= 0.6 is 0 Å².